The number of hydrogen-bond donors (Lipinski definition) is 2. The molecule has 150 valence electrons. The first-order valence-electron chi connectivity index (χ1n) is 9.48. The lowest BCUT2D eigenvalue weighted by atomic mass is 9.92. The van der Waals surface area contributed by atoms with E-state index in [1.807, 2.05) is 42.5 Å². The summed E-state index contributed by atoms with van der Waals surface area (Å²) < 4.78 is 0. The van der Waals surface area contributed by atoms with E-state index in [9.17, 15) is 14.4 Å². The SMILES string of the molecule is CC1(c2ccccc2)NC(=O)N(CC(=O)Nc2ccc(-c3ccccc3)cn2)C1=O. The lowest BCUT2D eigenvalue weighted by molar-refractivity contribution is -0.133. The second-order valence-corrected chi connectivity index (χ2v) is 7.16. The minimum absolute atomic E-state index is 0.345. The number of imide groups is 1. The summed E-state index contributed by atoms with van der Waals surface area (Å²) in [4.78, 5) is 42.8. The number of nitrogens with zero attached hydrogens (tertiary/aromatic N) is 2. The lowest BCUT2D eigenvalue weighted by Gasteiger charge is -2.22. The molecule has 0 bridgehead atoms. The van der Waals surface area contributed by atoms with E-state index in [1.165, 1.54) is 0 Å². The molecule has 0 aliphatic carbocycles. The highest BCUT2D eigenvalue weighted by molar-refractivity contribution is 6.10. The molecule has 0 radical (unpaired) electrons. The number of aromatic nitrogens is 1. The molecule has 1 aliphatic heterocycles. The molecule has 2 aromatic carbocycles. The quantitative estimate of drug-likeness (QED) is 0.644. The maximum absolute atomic E-state index is 12.9. The number of urea groups is 1. The van der Waals surface area contributed by atoms with Crippen molar-refractivity contribution in [2.45, 2.75) is 12.5 Å². The van der Waals surface area contributed by atoms with Crippen LogP contribution in [0.3, 0.4) is 0 Å². The van der Waals surface area contributed by atoms with Crippen molar-refractivity contribution in [1.29, 1.82) is 0 Å². The van der Waals surface area contributed by atoms with Gasteiger partial charge in [-0.3, -0.25) is 14.5 Å². The van der Waals surface area contributed by atoms with Crippen LogP contribution >= 0.6 is 0 Å². The topological polar surface area (TPSA) is 91.4 Å². The van der Waals surface area contributed by atoms with Crippen molar-refractivity contribution in [2.75, 3.05) is 11.9 Å². The van der Waals surface area contributed by atoms with E-state index >= 15 is 0 Å². The molecular weight excluding hydrogens is 380 g/mol. The van der Waals surface area contributed by atoms with E-state index in [4.69, 9.17) is 0 Å². The van der Waals surface area contributed by atoms with E-state index in [0.29, 0.717) is 11.4 Å². The van der Waals surface area contributed by atoms with Crippen molar-refractivity contribution in [2.24, 2.45) is 0 Å². The Bertz CT molecular complexity index is 1080. The van der Waals surface area contributed by atoms with E-state index in [0.717, 1.165) is 16.0 Å². The van der Waals surface area contributed by atoms with Crippen LogP contribution in [0.4, 0.5) is 10.6 Å². The summed E-state index contributed by atoms with van der Waals surface area (Å²) in [7, 11) is 0. The van der Waals surface area contributed by atoms with Gasteiger partial charge in [-0.2, -0.15) is 0 Å². The Morgan fingerprint density at radius 1 is 0.967 bits per heavy atom. The Labute approximate surface area is 173 Å². The number of anilines is 1. The van der Waals surface area contributed by atoms with Crippen LogP contribution in [0, 0.1) is 0 Å². The summed E-state index contributed by atoms with van der Waals surface area (Å²) in [6, 6.07) is 21.6. The zero-order valence-electron chi connectivity index (χ0n) is 16.3. The summed E-state index contributed by atoms with van der Waals surface area (Å²) in [6.45, 7) is 1.24. The highest BCUT2D eigenvalue weighted by Crippen LogP contribution is 2.28. The van der Waals surface area contributed by atoms with Crippen molar-refractivity contribution in [3.05, 3.63) is 84.6 Å². The molecule has 1 aliphatic rings. The van der Waals surface area contributed by atoms with Crippen LogP contribution in [-0.2, 0) is 15.1 Å². The average molecular weight is 400 g/mol. The van der Waals surface area contributed by atoms with Gasteiger partial charge in [-0.15, -0.1) is 0 Å². The number of hydrogen-bond acceptors (Lipinski definition) is 4. The third-order valence-corrected chi connectivity index (χ3v) is 5.07. The second-order valence-electron chi connectivity index (χ2n) is 7.16. The first-order valence-corrected chi connectivity index (χ1v) is 9.48. The van der Waals surface area contributed by atoms with Crippen LogP contribution in [0.1, 0.15) is 12.5 Å². The molecule has 1 atom stereocenters. The van der Waals surface area contributed by atoms with Crippen LogP contribution in [-0.4, -0.2) is 34.3 Å². The van der Waals surface area contributed by atoms with Gasteiger partial charge in [-0.05, 0) is 30.2 Å². The Hall–Kier alpha value is -4.00. The van der Waals surface area contributed by atoms with Crippen LogP contribution in [0.5, 0.6) is 0 Å². The molecule has 4 rings (SSSR count). The minimum atomic E-state index is -1.20. The molecule has 7 nitrogen and oxygen atoms in total. The number of carbonyl (C=O) groups excluding carboxylic acids is 3. The number of benzene rings is 2. The monoisotopic (exact) mass is 400 g/mol. The van der Waals surface area contributed by atoms with Gasteiger partial charge in [0.05, 0.1) is 0 Å². The molecule has 7 heteroatoms. The number of nitrogens with one attached hydrogen (secondary N) is 2. The zero-order valence-corrected chi connectivity index (χ0v) is 16.3. The fraction of sp³-hybridized carbons (Fsp3) is 0.130. The van der Waals surface area contributed by atoms with Crippen molar-refractivity contribution in [3.8, 4) is 11.1 Å². The van der Waals surface area contributed by atoms with E-state index < -0.39 is 29.9 Å². The van der Waals surface area contributed by atoms with Crippen molar-refractivity contribution in [1.82, 2.24) is 15.2 Å². The standard InChI is InChI=1S/C23H20N4O3/c1-23(18-10-6-3-7-11-18)21(29)27(22(30)26-23)15-20(28)25-19-13-12-17(14-24-19)16-8-4-2-5-9-16/h2-14H,15H2,1H3,(H,26,30)(H,24,25,28). The molecule has 0 spiro atoms. The largest absolute Gasteiger partial charge is 0.325 e. The molecule has 1 aromatic heterocycles. The van der Waals surface area contributed by atoms with Gasteiger partial charge in [-0.25, -0.2) is 9.78 Å². The number of pyridine rings is 1. The molecule has 2 N–H and O–H groups in total. The van der Waals surface area contributed by atoms with Gasteiger partial charge in [0.15, 0.2) is 0 Å². The molecule has 4 amide bonds. The number of amides is 4. The normalized spacial score (nSPS) is 18.2. The minimum Gasteiger partial charge on any atom is -0.319 e. The summed E-state index contributed by atoms with van der Waals surface area (Å²) in [6.07, 6.45) is 1.66. The van der Waals surface area contributed by atoms with Crippen LogP contribution in [0.25, 0.3) is 11.1 Å². The van der Waals surface area contributed by atoms with Gasteiger partial charge < -0.3 is 10.6 Å². The van der Waals surface area contributed by atoms with Crippen LogP contribution < -0.4 is 10.6 Å². The van der Waals surface area contributed by atoms with Crippen molar-refractivity contribution >= 4 is 23.7 Å². The third kappa shape index (κ3) is 3.65. The number of rotatable bonds is 5. The highest BCUT2D eigenvalue weighted by atomic mass is 16.2. The van der Waals surface area contributed by atoms with Gasteiger partial charge in [0, 0.05) is 11.8 Å². The average Bonchev–Trinajstić information content (AvgIpc) is 2.99. The van der Waals surface area contributed by atoms with Crippen LogP contribution in [0.15, 0.2) is 79.0 Å². The fourth-order valence-corrected chi connectivity index (χ4v) is 3.40. The van der Waals surface area contributed by atoms with Gasteiger partial charge in [0.25, 0.3) is 5.91 Å². The third-order valence-electron chi connectivity index (χ3n) is 5.07. The zero-order chi connectivity index (χ0) is 21.1. The van der Waals surface area contributed by atoms with E-state index in [2.05, 4.69) is 15.6 Å². The number of carbonyl (C=O) groups is 3. The first kappa shape index (κ1) is 19.3. The smallest absolute Gasteiger partial charge is 0.319 e. The lowest BCUT2D eigenvalue weighted by Crippen LogP contribution is -2.42. The summed E-state index contributed by atoms with van der Waals surface area (Å²) >= 11 is 0. The van der Waals surface area contributed by atoms with Crippen LogP contribution in [0.2, 0.25) is 0 Å². The van der Waals surface area contributed by atoms with Gasteiger partial charge in [0.2, 0.25) is 5.91 Å². The molecule has 1 unspecified atom stereocenters. The molecule has 3 aromatic rings. The van der Waals surface area contributed by atoms with Gasteiger partial charge in [0.1, 0.15) is 17.9 Å². The maximum atomic E-state index is 12.9. The van der Waals surface area contributed by atoms with Gasteiger partial charge in [-0.1, -0.05) is 60.7 Å². The Kier molecular flexibility index (Phi) is 5.02. The molecule has 2 heterocycles. The fourth-order valence-electron chi connectivity index (χ4n) is 3.40. The Morgan fingerprint density at radius 3 is 2.27 bits per heavy atom. The van der Waals surface area contributed by atoms with E-state index in [-0.39, 0.29) is 0 Å². The van der Waals surface area contributed by atoms with E-state index in [1.54, 1.807) is 43.5 Å². The highest BCUT2D eigenvalue weighted by Gasteiger charge is 2.49. The summed E-state index contributed by atoms with van der Waals surface area (Å²) in [5.41, 5.74) is 1.39. The molecule has 0 saturated carbocycles. The maximum Gasteiger partial charge on any atom is 0.325 e. The Morgan fingerprint density at radius 2 is 1.63 bits per heavy atom. The summed E-state index contributed by atoms with van der Waals surface area (Å²) in [5.74, 6) is -0.630. The van der Waals surface area contributed by atoms with Crippen molar-refractivity contribution < 1.29 is 14.4 Å². The Balaban J connectivity index is 1.43. The first-order chi connectivity index (χ1) is 14.5. The van der Waals surface area contributed by atoms with Crippen molar-refractivity contribution in [3.63, 3.8) is 0 Å². The molecular formula is C23H20N4O3. The molecule has 30 heavy (non-hydrogen) atoms. The van der Waals surface area contributed by atoms with Gasteiger partial charge >= 0.3 is 6.03 Å². The second kappa shape index (κ2) is 7.79. The molecule has 1 fully saturated rings. The predicted octanol–water partition coefficient (Wildman–Crippen LogP) is 3.15. The predicted molar refractivity (Wildman–Crippen MR) is 112 cm³/mol. The molecule has 1 saturated heterocycles. The summed E-state index contributed by atoms with van der Waals surface area (Å²) in [5, 5.41) is 5.31.